The number of pyridine rings is 1. The van der Waals surface area contributed by atoms with Crippen LogP contribution in [0, 0.1) is 5.92 Å². The van der Waals surface area contributed by atoms with Crippen LogP contribution in [0.1, 0.15) is 113 Å². The Kier molecular flexibility index (Phi) is 16.9. The molecule has 7 nitrogen and oxygen atoms in total. The number of methoxy groups -OCH3 is 3. The van der Waals surface area contributed by atoms with Crippen LogP contribution >= 0.6 is 0 Å². The van der Waals surface area contributed by atoms with Gasteiger partial charge in [-0.3, -0.25) is 4.98 Å². The summed E-state index contributed by atoms with van der Waals surface area (Å²) in [7, 11) is 5.46. The Balaban J connectivity index is 0.000000154. The predicted molar refractivity (Wildman–Crippen MR) is 184 cm³/mol. The van der Waals surface area contributed by atoms with Gasteiger partial charge in [-0.25, -0.2) is 0 Å². The van der Waals surface area contributed by atoms with E-state index in [1.807, 2.05) is 37.6 Å². The number of hydrogen-bond donors (Lipinski definition) is 3. The second-order valence-corrected chi connectivity index (χ2v) is 13.2. The largest absolute Gasteiger partial charge is 0.380 e. The molecule has 3 saturated heterocycles. The first-order chi connectivity index (χ1) is 22.2. The maximum Gasteiger partial charge on any atom is 0.114 e. The minimum Gasteiger partial charge on any atom is -0.380 e. The average Bonchev–Trinajstić information content (AvgIpc) is 3.13. The molecule has 0 amide bonds. The normalized spacial score (nSPS) is 26.2. The zero-order valence-electron chi connectivity index (χ0n) is 28.4. The molecule has 0 radical (unpaired) electrons. The standard InChI is InChI=1S/C13H25NO.C13H19NO.C12H18N2O/c2*1-15-13(11-7-3-2-4-8-11)12-9-5-6-10-14-12;1-15-12(10-6-2-4-8-13-10)11-7-3-5-9-14-11/h11-14H,2-10H2,1H3;2-4,7-8,12-14H,5-6,9-10H2,1H3;2,4,6,8,11-12,14H,3,5,7,9H2,1H3. The SMILES string of the molecule is COC(C1CCCCC1)C1CCCCN1.COC(c1ccccc1)C1CCCCN1.COC(c1ccccn1)C1CCCCN1. The molecule has 1 aliphatic carbocycles. The quantitative estimate of drug-likeness (QED) is 0.274. The van der Waals surface area contributed by atoms with Crippen LogP contribution in [-0.4, -0.2) is 70.2 Å². The minimum atomic E-state index is 0.0894. The van der Waals surface area contributed by atoms with Crippen LogP contribution < -0.4 is 16.0 Å². The summed E-state index contributed by atoms with van der Waals surface area (Å²) in [5.41, 5.74) is 2.30. The summed E-state index contributed by atoms with van der Waals surface area (Å²) < 4.78 is 16.9. The van der Waals surface area contributed by atoms with E-state index < -0.39 is 0 Å². The highest BCUT2D eigenvalue weighted by Gasteiger charge is 2.31. The van der Waals surface area contributed by atoms with E-state index in [1.54, 1.807) is 14.2 Å². The summed E-state index contributed by atoms with van der Waals surface area (Å²) in [4.78, 5) is 4.36. The third-order valence-electron chi connectivity index (χ3n) is 10.2. The summed E-state index contributed by atoms with van der Waals surface area (Å²) in [5, 5.41) is 10.7. The van der Waals surface area contributed by atoms with Crippen molar-refractivity contribution in [3.05, 3.63) is 66.0 Å². The molecule has 1 saturated carbocycles. The van der Waals surface area contributed by atoms with Crippen LogP contribution in [0.25, 0.3) is 0 Å². The van der Waals surface area contributed by atoms with Crippen LogP contribution in [0.4, 0.5) is 0 Å². The van der Waals surface area contributed by atoms with Gasteiger partial charge < -0.3 is 30.2 Å². The lowest BCUT2D eigenvalue weighted by molar-refractivity contribution is 0.00173. The smallest absolute Gasteiger partial charge is 0.114 e. The van der Waals surface area contributed by atoms with Crippen LogP contribution in [0.15, 0.2) is 54.7 Å². The Morgan fingerprint density at radius 3 is 1.58 bits per heavy atom. The van der Waals surface area contributed by atoms with E-state index in [-0.39, 0.29) is 12.2 Å². The molecule has 3 aliphatic heterocycles. The Bertz CT molecular complexity index is 909. The number of hydrogen-bond acceptors (Lipinski definition) is 7. The maximum atomic E-state index is 5.77. The molecular weight excluding hydrogens is 560 g/mol. The van der Waals surface area contributed by atoms with Gasteiger partial charge >= 0.3 is 0 Å². The van der Waals surface area contributed by atoms with Crippen LogP contribution in [0.5, 0.6) is 0 Å². The first-order valence-electron chi connectivity index (χ1n) is 18.0. The lowest BCUT2D eigenvalue weighted by Gasteiger charge is -2.37. The number of ether oxygens (including phenoxy) is 3. The maximum absolute atomic E-state index is 5.77. The molecule has 1 aromatic carbocycles. The van der Waals surface area contributed by atoms with Crippen molar-refractivity contribution >= 4 is 0 Å². The monoisotopic (exact) mass is 622 g/mol. The summed E-state index contributed by atoms with van der Waals surface area (Å²) in [6.45, 7) is 3.41. The number of nitrogens with zero attached hydrogens (tertiary/aromatic N) is 1. The second-order valence-electron chi connectivity index (χ2n) is 13.2. The van der Waals surface area contributed by atoms with E-state index >= 15 is 0 Å². The molecule has 252 valence electrons. The fourth-order valence-electron chi connectivity index (χ4n) is 7.79. The zero-order valence-corrected chi connectivity index (χ0v) is 28.4. The predicted octanol–water partition coefficient (Wildman–Crippen LogP) is 7.15. The van der Waals surface area contributed by atoms with E-state index in [4.69, 9.17) is 14.2 Å². The van der Waals surface area contributed by atoms with Gasteiger partial charge in [0.15, 0.2) is 0 Å². The van der Waals surface area contributed by atoms with E-state index in [9.17, 15) is 0 Å². The molecule has 4 heterocycles. The number of nitrogens with one attached hydrogen (secondary N) is 3. The lowest BCUT2D eigenvalue weighted by Crippen LogP contribution is -2.47. The van der Waals surface area contributed by atoms with Gasteiger partial charge in [0.2, 0.25) is 0 Å². The van der Waals surface area contributed by atoms with Crippen molar-refractivity contribution in [2.24, 2.45) is 5.92 Å². The van der Waals surface area contributed by atoms with Gasteiger partial charge in [0.1, 0.15) is 6.10 Å². The molecule has 3 N–H and O–H groups in total. The molecule has 7 heteroatoms. The fourth-order valence-corrected chi connectivity index (χ4v) is 7.79. The molecule has 2 aromatic rings. The van der Waals surface area contributed by atoms with Crippen molar-refractivity contribution in [2.75, 3.05) is 41.0 Å². The van der Waals surface area contributed by atoms with Gasteiger partial charge in [-0.05, 0) is 94.6 Å². The first kappa shape index (κ1) is 36.0. The summed E-state index contributed by atoms with van der Waals surface area (Å²) in [6, 6.07) is 18.0. The van der Waals surface area contributed by atoms with Crippen molar-refractivity contribution in [3.63, 3.8) is 0 Å². The van der Waals surface area contributed by atoms with Crippen molar-refractivity contribution in [2.45, 2.75) is 126 Å². The van der Waals surface area contributed by atoms with Crippen LogP contribution in [0.2, 0.25) is 0 Å². The fraction of sp³-hybridized carbons (Fsp3) is 0.711. The van der Waals surface area contributed by atoms with E-state index in [1.165, 1.54) is 102 Å². The summed E-state index contributed by atoms with van der Waals surface area (Å²) >= 11 is 0. The van der Waals surface area contributed by atoms with Gasteiger partial charge in [0.25, 0.3) is 0 Å². The van der Waals surface area contributed by atoms with Crippen LogP contribution in [-0.2, 0) is 14.2 Å². The third kappa shape index (κ3) is 11.7. The highest BCUT2D eigenvalue weighted by molar-refractivity contribution is 5.19. The molecule has 6 atom stereocenters. The topological polar surface area (TPSA) is 76.7 Å². The average molecular weight is 623 g/mol. The number of rotatable bonds is 9. The Morgan fingerprint density at radius 1 is 0.556 bits per heavy atom. The minimum absolute atomic E-state index is 0.0894. The number of aromatic nitrogens is 1. The summed E-state index contributed by atoms with van der Waals surface area (Å²) in [5.74, 6) is 0.819. The van der Waals surface area contributed by atoms with E-state index in [2.05, 4.69) is 45.2 Å². The van der Waals surface area contributed by atoms with Gasteiger partial charge in [0, 0.05) is 45.7 Å². The molecule has 1 aromatic heterocycles. The van der Waals surface area contributed by atoms with Gasteiger partial charge in [-0.1, -0.05) is 74.9 Å². The van der Waals surface area contributed by atoms with E-state index in [0.717, 1.165) is 24.7 Å². The van der Waals surface area contributed by atoms with Crippen molar-refractivity contribution in [3.8, 4) is 0 Å². The molecule has 4 aliphatic rings. The Labute approximate surface area is 274 Å². The zero-order chi connectivity index (χ0) is 31.5. The van der Waals surface area contributed by atoms with Crippen molar-refractivity contribution < 1.29 is 14.2 Å². The lowest BCUT2D eigenvalue weighted by atomic mass is 9.81. The Hall–Kier alpha value is -1.87. The molecule has 6 unspecified atom stereocenters. The molecule has 6 rings (SSSR count). The van der Waals surface area contributed by atoms with Gasteiger partial charge in [-0.2, -0.15) is 0 Å². The second kappa shape index (κ2) is 21.1. The first-order valence-corrected chi connectivity index (χ1v) is 18.0. The molecule has 45 heavy (non-hydrogen) atoms. The molecular formula is C38H62N4O3. The highest BCUT2D eigenvalue weighted by Crippen LogP contribution is 2.31. The third-order valence-corrected chi connectivity index (χ3v) is 10.2. The van der Waals surface area contributed by atoms with Crippen molar-refractivity contribution in [1.29, 1.82) is 0 Å². The van der Waals surface area contributed by atoms with Gasteiger partial charge in [-0.15, -0.1) is 0 Å². The van der Waals surface area contributed by atoms with Crippen molar-refractivity contribution in [1.82, 2.24) is 20.9 Å². The Morgan fingerprint density at radius 2 is 1.09 bits per heavy atom. The number of piperidine rings is 3. The highest BCUT2D eigenvalue weighted by atomic mass is 16.5. The van der Waals surface area contributed by atoms with E-state index in [0.29, 0.717) is 24.2 Å². The molecule has 0 bridgehead atoms. The molecule has 4 fully saturated rings. The van der Waals surface area contributed by atoms with Crippen LogP contribution in [0.3, 0.4) is 0 Å². The molecule has 0 spiro atoms. The van der Waals surface area contributed by atoms with Gasteiger partial charge in [0.05, 0.1) is 17.9 Å². The summed E-state index contributed by atoms with van der Waals surface area (Å²) in [6.07, 6.45) is 21.2. The number of benzene rings is 1.